The Kier molecular flexibility index (Phi) is 5.38. The summed E-state index contributed by atoms with van der Waals surface area (Å²) >= 11 is 13.0. The summed E-state index contributed by atoms with van der Waals surface area (Å²) in [6.07, 6.45) is 0. The van der Waals surface area contributed by atoms with E-state index in [1.807, 2.05) is 0 Å². The van der Waals surface area contributed by atoms with Crippen molar-refractivity contribution in [2.75, 3.05) is 10.0 Å². The van der Waals surface area contributed by atoms with E-state index in [-0.39, 0.29) is 31.3 Å². The Morgan fingerprint density at radius 3 is 2.23 bits per heavy atom. The second-order valence-electron chi connectivity index (χ2n) is 5.10. The van der Waals surface area contributed by atoms with Crippen molar-refractivity contribution >= 4 is 61.6 Å². The Balaban J connectivity index is 1.99. The second kappa shape index (κ2) is 7.40. The first kappa shape index (κ1) is 18.9. The van der Waals surface area contributed by atoms with E-state index in [9.17, 15) is 17.2 Å². The summed E-state index contributed by atoms with van der Waals surface area (Å²) in [6.45, 7) is 0. The average molecular weight is 435 g/mol. The monoisotopic (exact) mass is 434 g/mol. The SMILES string of the molecule is O=S(=O)(Nc1cc(Cl)c(Cl)cc1Nc1ccc(F)c(F)c1)c1cccs1. The maximum absolute atomic E-state index is 13.4. The standard InChI is InChI=1S/C16H10Cl2F2N2O2S2/c17-10-7-14(21-9-3-4-12(19)13(20)6-9)15(8-11(10)18)22-26(23,24)16-2-1-5-25-16/h1-8,21-22H. The van der Waals surface area contributed by atoms with Crippen LogP contribution in [0.2, 0.25) is 10.0 Å². The molecule has 0 atom stereocenters. The molecule has 0 saturated heterocycles. The molecular formula is C16H10Cl2F2N2O2S2. The summed E-state index contributed by atoms with van der Waals surface area (Å²) in [7, 11) is -3.84. The predicted octanol–water partition coefficient (Wildman–Crippen LogP) is 5.88. The molecule has 0 bridgehead atoms. The molecule has 0 aliphatic heterocycles. The minimum absolute atomic E-state index is 0.109. The first-order valence-corrected chi connectivity index (χ1v) is 10.2. The third kappa shape index (κ3) is 4.09. The highest BCUT2D eigenvalue weighted by atomic mass is 35.5. The zero-order valence-corrected chi connectivity index (χ0v) is 15.9. The molecule has 0 aliphatic carbocycles. The van der Waals surface area contributed by atoms with Gasteiger partial charge in [0.05, 0.1) is 21.4 Å². The molecule has 0 fully saturated rings. The molecule has 0 aliphatic rings. The molecular weight excluding hydrogens is 425 g/mol. The molecule has 136 valence electrons. The Morgan fingerprint density at radius 2 is 1.62 bits per heavy atom. The van der Waals surface area contributed by atoms with Gasteiger partial charge in [-0.3, -0.25) is 4.72 Å². The van der Waals surface area contributed by atoms with Crippen LogP contribution in [0.4, 0.5) is 25.8 Å². The Bertz CT molecular complexity index is 1060. The smallest absolute Gasteiger partial charge is 0.271 e. The topological polar surface area (TPSA) is 58.2 Å². The third-order valence-corrected chi connectivity index (χ3v) is 6.75. The average Bonchev–Trinajstić information content (AvgIpc) is 3.11. The fourth-order valence-electron chi connectivity index (χ4n) is 2.08. The van der Waals surface area contributed by atoms with Crippen LogP contribution in [0.1, 0.15) is 0 Å². The van der Waals surface area contributed by atoms with Crippen LogP contribution in [0, 0.1) is 11.6 Å². The minimum atomic E-state index is -3.84. The van der Waals surface area contributed by atoms with Crippen LogP contribution in [0.3, 0.4) is 0 Å². The lowest BCUT2D eigenvalue weighted by Crippen LogP contribution is -2.13. The number of thiophene rings is 1. The zero-order chi connectivity index (χ0) is 18.9. The van der Waals surface area contributed by atoms with Crippen molar-refractivity contribution in [2.24, 2.45) is 0 Å². The normalized spacial score (nSPS) is 11.4. The molecule has 2 N–H and O–H groups in total. The Hall–Kier alpha value is -1.87. The van der Waals surface area contributed by atoms with Gasteiger partial charge in [-0.2, -0.15) is 0 Å². The van der Waals surface area contributed by atoms with Gasteiger partial charge in [-0.25, -0.2) is 17.2 Å². The van der Waals surface area contributed by atoms with Gasteiger partial charge in [0.15, 0.2) is 11.6 Å². The molecule has 26 heavy (non-hydrogen) atoms. The lowest BCUT2D eigenvalue weighted by atomic mass is 10.2. The predicted molar refractivity (Wildman–Crippen MR) is 101 cm³/mol. The maximum atomic E-state index is 13.4. The van der Waals surface area contributed by atoms with Gasteiger partial charge in [0, 0.05) is 11.8 Å². The molecule has 0 radical (unpaired) electrons. The van der Waals surface area contributed by atoms with Gasteiger partial charge >= 0.3 is 0 Å². The second-order valence-corrected chi connectivity index (χ2v) is 8.77. The summed E-state index contributed by atoms with van der Waals surface area (Å²) in [5.41, 5.74) is 0.543. The molecule has 4 nitrogen and oxygen atoms in total. The van der Waals surface area contributed by atoms with Crippen molar-refractivity contribution in [1.82, 2.24) is 0 Å². The molecule has 2 aromatic carbocycles. The number of halogens is 4. The highest BCUT2D eigenvalue weighted by Crippen LogP contribution is 2.36. The fraction of sp³-hybridized carbons (Fsp3) is 0. The van der Waals surface area contributed by atoms with Crippen molar-refractivity contribution in [2.45, 2.75) is 4.21 Å². The van der Waals surface area contributed by atoms with Crippen molar-refractivity contribution in [1.29, 1.82) is 0 Å². The Labute approximate surface area is 162 Å². The van der Waals surface area contributed by atoms with Crippen molar-refractivity contribution in [3.8, 4) is 0 Å². The van der Waals surface area contributed by atoms with E-state index in [0.29, 0.717) is 0 Å². The largest absolute Gasteiger partial charge is 0.354 e. The lowest BCUT2D eigenvalue weighted by molar-refractivity contribution is 0.509. The van der Waals surface area contributed by atoms with Gasteiger partial charge < -0.3 is 5.32 Å². The molecule has 0 amide bonds. The number of nitrogens with one attached hydrogen (secondary N) is 2. The van der Waals surface area contributed by atoms with Gasteiger partial charge in [-0.05, 0) is 35.7 Å². The molecule has 3 rings (SSSR count). The molecule has 0 saturated carbocycles. The van der Waals surface area contributed by atoms with E-state index >= 15 is 0 Å². The fourth-order valence-corrected chi connectivity index (χ4v) is 4.47. The first-order valence-electron chi connectivity index (χ1n) is 7.04. The highest BCUT2D eigenvalue weighted by Gasteiger charge is 2.19. The highest BCUT2D eigenvalue weighted by molar-refractivity contribution is 7.94. The van der Waals surface area contributed by atoms with Crippen LogP contribution in [-0.4, -0.2) is 8.42 Å². The molecule has 3 aromatic rings. The number of anilines is 3. The van der Waals surface area contributed by atoms with Crippen molar-refractivity contribution in [3.05, 3.63) is 69.5 Å². The van der Waals surface area contributed by atoms with Gasteiger partial charge in [0.2, 0.25) is 0 Å². The van der Waals surface area contributed by atoms with E-state index < -0.39 is 21.7 Å². The van der Waals surface area contributed by atoms with E-state index in [1.54, 1.807) is 11.4 Å². The maximum Gasteiger partial charge on any atom is 0.271 e. The van der Waals surface area contributed by atoms with Crippen molar-refractivity contribution < 1.29 is 17.2 Å². The van der Waals surface area contributed by atoms with Gasteiger partial charge in [-0.15, -0.1) is 11.3 Å². The quantitative estimate of drug-likeness (QED) is 0.527. The van der Waals surface area contributed by atoms with Gasteiger partial charge in [0.1, 0.15) is 4.21 Å². The van der Waals surface area contributed by atoms with Crippen LogP contribution in [0.25, 0.3) is 0 Å². The molecule has 1 heterocycles. The number of hydrogen-bond acceptors (Lipinski definition) is 4. The zero-order valence-electron chi connectivity index (χ0n) is 12.8. The number of hydrogen-bond donors (Lipinski definition) is 2. The first-order chi connectivity index (χ1) is 12.3. The summed E-state index contributed by atoms with van der Waals surface area (Å²) in [5.74, 6) is -2.04. The summed E-state index contributed by atoms with van der Waals surface area (Å²) < 4.78 is 53.9. The van der Waals surface area contributed by atoms with E-state index in [1.165, 1.54) is 24.3 Å². The van der Waals surface area contributed by atoms with Crippen LogP contribution < -0.4 is 10.0 Å². The van der Waals surface area contributed by atoms with E-state index in [0.717, 1.165) is 23.5 Å². The lowest BCUT2D eigenvalue weighted by Gasteiger charge is -2.15. The molecule has 0 spiro atoms. The number of rotatable bonds is 5. The van der Waals surface area contributed by atoms with Gasteiger partial charge in [-0.1, -0.05) is 29.3 Å². The van der Waals surface area contributed by atoms with Crippen LogP contribution >= 0.6 is 34.5 Å². The molecule has 0 unspecified atom stereocenters. The van der Waals surface area contributed by atoms with E-state index in [2.05, 4.69) is 10.0 Å². The summed E-state index contributed by atoms with van der Waals surface area (Å²) in [6, 6.07) is 8.97. The Morgan fingerprint density at radius 1 is 0.923 bits per heavy atom. The summed E-state index contributed by atoms with van der Waals surface area (Å²) in [5, 5.41) is 4.73. The van der Waals surface area contributed by atoms with Crippen molar-refractivity contribution in [3.63, 3.8) is 0 Å². The third-order valence-electron chi connectivity index (χ3n) is 3.26. The molecule has 1 aromatic heterocycles. The van der Waals surface area contributed by atoms with Crippen LogP contribution in [0.15, 0.2) is 52.1 Å². The number of sulfonamides is 1. The van der Waals surface area contributed by atoms with Crippen LogP contribution in [0.5, 0.6) is 0 Å². The summed E-state index contributed by atoms with van der Waals surface area (Å²) in [4.78, 5) is 0. The minimum Gasteiger partial charge on any atom is -0.354 e. The van der Waals surface area contributed by atoms with Crippen LogP contribution in [-0.2, 0) is 10.0 Å². The van der Waals surface area contributed by atoms with Gasteiger partial charge in [0.25, 0.3) is 10.0 Å². The number of benzene rings is 2. The molecule has 10 heteroatoms. The van der Waals surface area contributed by atoms with E-state index in [4.69, 9.17) is 23.2 Å².